The summed E-state index contributed by atoms with van der Waals surface area (Å²) in [6.07, 6.45) is 13.7. The summed E-state index contributed by atoms with van der Waals surface area (Å²) in [7, 11) is 0. The van der Waals surface area contributed by atoms with Crippen molar-refractivity contribution in [3.05, 3.63) is 0 Å². The number of ether oxygens (including phenoxy) is 1. The van der Waals surface area contributed by atoms with E-state index in [0.717, 1.165) is 6.61 Å². The molecule has 0 saturated heterocycles. The van der Waals surface area contributed by atoms with Gasteiger partial charge in [-0.3, -0.25) is 0 Å². The summed E-state index contributed by atoms with van der Waals surface area (Å²) in [6.45, 7) is 7.74. The second kappa shape index (κ2) is 13.0. The molecular formula is C15H32O. The van der Waals surface area contributed by atoms with E-state index in [2.05, 4.69) is 20.8 Å². The lowest BCUT2D eigenvalue weighted by atomic mass is 10.1. The van der Waals surface area contributed by atoms with E-state index in [1.54, 1.807) is 0 Å². The molecule has 0 rings (SSSR count). The highest BCUT2D eigenvalue weighted by Gasteiger charge is 2.05. The predicted octanol–water partition coefficient (Wildman–Crippen LogP) is 5.33. The van der Waals surface area contributed by atoms with Crippen molar-refractivity contribution in [2.75, 3.05) is 6.61 Å². The maximum absolute atomic E-state index is 5.93. The fraction of sp³-hybridized carbons (Fsp3) is 1.00. The highest BCUT2D eigenvalue weighted by molar-refractivity contribution is 4.56. The lowest BCUT2D eigenvalue weighted by Gasteiger charge is -2.16. The predicted molar refractivity (Wildman–Crippen MR) is 72.9 cm³/mol. The third-order valence-electron chi connectivity index (χ3n) is 3.07. The highest BCUT2D eigenvalue weighted by atomic mass is 16.5. The molecule has 16 heavy (non-hydrogen) atoms. The van der Waals surface area contributed by atoms with Crippen LogP contribution in [0.25, 0.3) is 0 Å². The summed E-state index contributed by atoms with van der Waals surface area (Å²) in [5.41, 5.74) is 0. The van der Waals surface area contributed by atoms with Gasteiger partial charge in [0.25, 0.3) is 0 Å². The van der Waals surface area contributed by atoms with Gasteiger partial charge in [0.15, 0.2) is 0 Å². The third-order valence-corrected chi connectivity index (χ3v) is 3.07. The first-order valence-electron chi connectivity index (χ1n) is 7.46. The summed E-state index contributed by atoms with van der Waals surface area (Å²) in [6, 6.07) is 0. The quantitative estimate of drug-likeness (QED) is 0.410. The summed E-state index contributed by atoms with van der Waals surface area (Å²) in [4.78, 5) is 0. The number of unbranched alkanes of at least 4 members (excludes halogenated alkanes) is 5. The second-order valence-electron chi connectivity index (χ2n) is 4.84. The molecule has 0 bridgehead atoms. The van der Waals surface area contributed by atoms with Gasteiger partial charge in [-0.1, -0.05) is 65.7 Å². The summed E-state index contributed by atoms with van der Waals surface area (Å²) < 4.78 is 5.93. The normalized spacial score (nSPS) is 11.2. The highest BCUT2D eigenvalue weighted by Crippen LogP contribution is 2.11. The van der Waals surface area contributed by atoms with Gasteiger partial charge in [0.1, 0.15) is 0 Å². The van der Waals surface area contributed by atoms with Gasteiger partial charge < -0.3 is 4.74 Å². The van der Waals surface area contributed by atoms with Crippen molar-refractivity contribution in [1.29, 1.82) is 0 Å². The van der Waals surface area contributed by atoms with Gasteiger partial charge in [-0.15, -0.1) is 0 Å². The van der Waals surface area contributed by atoms with E-state index in [0.29, 0.717) is 6.10 Å². The van der Waals surface area contributed by atoms with Crippen molar-refractivity contribution >= 4 is 0 Å². The van der Waals surface area contributed by atoms with E-state index < -0.39 is 0 Å². The summed E-state index contributed by atoms with van der Waals surface area (Å²) >= 11 is 0. The fourth-order valence-electron chi connectivity index (χ4n) is 2.09. The molecule has 0 fully saturated rings. The number of hydrogen-bond acceptors (Lipinski definition) is 1. The Bertz CT molecular complexity index is 117. The Kier molecular flexibility index (Phi) is 13.0. The van der Waals surface area contributed by atoms with Crippen LogP contribution in [0.3, 0.4) is 0 Å². The molecule has 0 aliphatic carbocycles. The summed E-state index contributed by atoms with van der Waals surface area (Å²) in [5, 5.41) is 0. The maximum atomic E-state index is 5.93. The van der Waals surface area contributed by atoms with E-state index in [1.165, 1.54) is 64.2 Å². The number of rotatable bonds is 12. The van der Waals surface area contributed by atoms with Crippen LogP contribution in [0.2, 0.25) is 0 Å². The minimum absolute atomic E-state index is 0.533. The van der Waals surface area contributed by atoms with Crippen LogP contribution in [0.15, 0.2) is 0 Å². The van der Waals surface area contributed by atoms with Crippen molar-refractivity contribution < 1.29 is 4.74 Å². The van der Waals surface area contributed by atoms with Crippen molar-refractivity contribution in [2.24, 2.45) is 0 Å². The van der Waals surface area contributed by atoms with Crippen LogP contribution >= 0.6 is 0 Å². The molecule has 0 heterocycles. The van der Waals surface area contributed by atoms with E-state index in [1.807, 2.05) is 0 Å². The van der Waals surface area contributed by atoms with Gasteiger partial charge in [0.2, 0.25) is 0 Å². The fourth-order valence-corrected chi connectivity index (χ4v) is 2.09. The lowest BCUT2D eigenvalue weighted by molar-refractivity contribution is 0.0383. The Morgan fingerprint density at radius 3 is 1.81 bits per heavy atom. The zero-order chi connectivity index (χ0) is 12.1. The molecule has 0 N–H and O–H groups in total. The van der Waals surface area contributed by atoms with E-state index in [-0.39, 0.29) is 0 Å². The summed E-state index contributed by atoms with van der Waals surface area (Å²) in [5.74, 6) is 0. The Morgan fingerprint density at radius 2 is 1.25 bits per heavy atom. The molecule has 0 aromatic carbocycles. The van der Waals surface area contributed by atoms with Crippen molar-refractivity contribution in [3.63, 3.8) is 0 Å². The van der Waals surface area contributed by atoms with Crippen molar-refractivity contribution in [2.45, 2.75) is 91.1 Å². The van der Waals surface area contributed by atoms with Gasteiger partial charge in [-0.2, -0.15) is 0 Å². The second-order valence-corrected chi connectivity index (χ2v) is 4.84. The average Bonchev–Trinajstić information content (AvgIpc) is 2.28. The maximum Gasteiger partial charge on any atom is 0.0575 e. The van der Waals surface area contributed by atoms with E-state index in [9.17, 15) is 0 Å². The molecule has 0 saturated carbocycles. The Labute approximate surface area is 103 Å². The standard InChI is InChI=1S/C15H32O/c1-4-7-8-9-10-11-14-16-15(12-5-2)13-6-3/h15H,4-14H2,1-3H3. The minimum atomic E-state index is 0.533. The molecule has 1 heteroatoms. The van der Waals surface area contributed by atoms with Crippen molar-refractivity contribution in [1.82, 2.24) is 0 Å². The zero-order valence-corrected chi connectivity index (χ0v) is 11.8. The first kappa shape index (κ1) is 16.0. The van der Waals surface area contributed by atoms with Gasteiger partial charge in [-0.25, -0.2) is 0 Å². The van der Waals surface area contributed by atoms with Crippen LogP contribution in [0.5, 0.6) is 0 Å². The van der Waals surface area contributed by atoms with Crippen LogP contribution < -0.4 is 0 Å². The van der Waals surface area contributed by atoms with E-state index in [4.69, 9.17) is 4.74 Å². The first-order chi connectivity index (χ1) is 7.85. The third kappa shape index (κ3) is 10.5. The Hall–Kier alpha value is -0.0400. The first-order valence-corrected chi connectivity index (χ1v) is 7.46. The van der Waals surface area contributed by atoms with Gasteiger partial charge >= 0.3 is 0 Å². The lowest BCUT2D eigenvalue weighted by Crippen LogP contribution is -2.13. The largest absolute Gasteiger partial charge is 0.378 e. The molecular weight excluding hydrogens is 196 g/mol. The smallest absolute Gasteiger partial charge is 0.0575 e. The van der Waals surface area contributed by atoms with Gasteiger partial charge in [0, 0.05) is 6.61 Å². The zero-order valence-electron chi connectivity index (χ0n) is 11.8. The van der Waals surface area contributed by atoms with Crippen LogP contribution in [0, 0.1) is 0 Å². The topological polar surface area (TPSA) is 9.23 Å². The van der Waals surface area contributed by atoms with Gasteiger partial charge in [0.05, 0.1) is 6.10 Å². The SMILES string of the molecule is CCCCCCCCOC(CCC)CCC. The molecule has 0 atom stereocenters. The molecule has 0 aliphatic heterocycles. The Balaban J connectivity index is 3.25. The minimum Gasteiger partial charge on any atom is -0.378 e. The van der Waals surface area contributed by atoms with Crippen LogP contribution in [0.1, 0.15) is 85.0 Å². The van der Waals surface area contributed by atoms with Crippen molar-refractivity contribution in [3.8, 4) is 0 Å². The Morgan fingerprint density at radius 1 is 0.688 bits per heavy atom. The average molecular weight is 228 g/mol. The molecule has 0 unspecified atom stereocenters. The van der Waals surface area contributed by atoms with E-state index >= 15 is 0 Å². The van der Waals surface area contributed by atoms with Gasteiger partial charge in [-0.05, 0) is 19.3 Å². The molecule has 0 amide bonds. The van der Waals surface area contributed by atoms with Crippen LogP contribution in [-0.4, -0.2) is 12.7 Å². The number of hydrogen-bond donors (Lipinski definition) is 0. The molecule has 98 valence electrons. The molecule has 0 aliphatic rings. The molecule has 1 nitrogen and oxygen atoms in total. The molecule has 0 radical (unpaired) electrons. The molecule has 0 aromatic rings. The van der Waals surface area contributed by atoms with Crippen LogP contribution in [0.4, 0.5) is 0 Å². The van der Waals surface area contributed by atoms with Crippen LogP contribution in [-0.2, 0) is 4.74 Å². The monoisotopic (exact) mass is 228 g/mol. The molecule has 0 aromatic heterocycles. The molecule has 0 spiro atoms.